The van der Waals surface area contributed by atoms with Crippen molar-refractivity contribution in [2.45, 2.75) is 11.4 Å². The third kappa shape index (κ3) is 4.45. The van der Waals surface area contributed by atoms with Crippen LogP contribution in [0.3, 0.4) is 0 Å². The summed E-state index contributed by atoms with van der Waals surface area (Å²) in [6.45, 7) is 2.84. The van der Waals surface area contributed by atoms with E-state index in [1.165, 1.54) is 22.5 Å². The molecule has 1 aromatic heterocycles. The molecule has 134 valence electrons. The molecule has 2 heterocycles. The lowest BCUT2D eigenvalue weighted by Crippen LogP contribution is -2.48. The van der Waals surface area contributed by atoms with Crippen molar-refractivity contribution in [3.05, 3.63) is 57.3 Å². The predicted octanol–water partition coefficient (Wildman–Crippen LogP) is 3.55. The Balaban J connectivity index is 1.64. The minimum Gasteiger partial charge on any atom is -0.296 e. The van der Waals surface area contributed by atoms with Gasteiger partial charge in [-0.3, -0.25) is 4.90 Å². The number of piperazine rings is 1. The topological polar surface area (TPSA) is 53.5 Å². The Morgan fingerprint density at radius 2 is 1.68 bits per heavy atom. The Morgan fingerprint density at radius 1 is 0.960 bits per heavy atom. The first-order chi connectivity index (χ1) is 11.9. The van der Waals surface area contributed by atoms with Gasteiger partial charge in [-0.25, -0.2) is 13.4 Å². The molecule has 25 heavy (non-hydrogen) atoms. The van der Waals surface area contributed by atoms with E-state index < -0.39 is 10.0 Å². The molecule has 0 saturated carbocycles. The standard InChI is InChI=1S/C16H16Cl3N3O2S/c17-14-3-2-13(9-15(14)18)25(23,24)22-7-5-21(6-8-22)11-12-1-4-16(19)20-10-12/h1-4,9-10H,5-8,11H2. The molecule has 0 radical (unpaired) electrons. The van der Waals surface area contributed by atoms with Crippen LogP contribution in [0, 0.1) is 0 Å². The van der Waals surface area contributed by atoms with Crippen LogP contribution in [0.2, 0.25) is 15.2 Å². The number of pyridine rings is 1. The van der Waals surface area contributed by atoms with Gasteiger partial charge in [0, 0.05) is 38.9 Å². The number of benzene rings is 1. The fourth-order valence-electron chi connectivity index (χ4n) is 2.67. The zero-order valence-electron chi connectivity index (χ0n) is 13.2. The number of nitrogens with zero attached hydrogens (tertiary/aromatic N) is 3. The highest BCUT2D eigenvalue weighted by atomic mass is 35.5. The van der Waals surface area contributed by atoms with Crippen LogP contribution in [-0.2, 0) is 16.6 Å². The van der Waals surface area contributed by atoms with Crippen molar-refractivity contribution in [3.63, 3.8) is 0 Å². The van der Waals surface area contributed by atoms with E-state index in [1.807, 2.05) is 6.07 Å². The molecule has 0 bridgehead atoms. The van der Waals surface area contributed by atoms with Gasteiger partial charge < -0.3 is 0 Å². The van der Waals surface area contributed by atoms with Gasteiger partial charge in [-0.1, -0.05) is 40.9 Å². The molecule has 1 aromatic carbocycles. The van der Waals surface area contributed by atoms with Crippen LogP contribution in [0.15, 0.2) is 41.4 Å². The summed E-state index contributed by atoms with van der Waals surface area (Å²) in [6, 6.07) is 8.05. The molecule has 9 heteroatoms. The van der Waals surface area contributed by atoms with Crippen molar-refractivity contribution < 1.29 is 8.42 Å². The summed E-state index contributed by atoms with van der Waals surface area (Å²) < 4.78 is 26.9. The van der Waals surface area contributed by atoms with Crippen LogP contribution in [0.25, 0.3) is 0 Å². The molecule has 0 N–H and O–H groups in total. The number of hydrogen-bond acceptors (Lipinski definition) is 4. The first-order valence-electron chi connectivity index (χ1n) is 7.64. The lowest BCUT2D eigenvalue weighted by atomic mass is 10.2. The van der Waals surface area contributed by atoms with Gasteiger partial charge in [-0.05, 0) is 29.8 Å². The molecule has 5 nitrogen and oxygen atoms in total. The van der Waals surface area contributed by atoms with Crippen molar-refractivity contribution in [3.8, 4) is 0 Å². The maximum absolute atomic E-state index is 12.7. The molecule has 2 aromatic rings. The van der Waals surface area contributed by atoms with E-state index in [1.54, 1.807) is 12.3 Å². The molecule has 0 atom stereocenters. The van der Waals surface area contributed by atoms with Gasteiger partial charge in [0.25, 0.3) is 0 Å². The molecular weight excluding hydrogens is 405 g/mol. The second kappa shape index (κ2) is 7.78. The van der Waals surface area contributed by atoms with Crippen molar-refractivity contribution in [2.24, 2.45) is 0 Å². The van der Waals surface area contributed by atoms with Crippen molar-refractivity contribution in [1.82, 2.24) is 14.2 Å². The first kappa shape index (κ1) is 18.9. The summed E-state index contributed by atoms with van der Waals surface area (Å²) >= 11 is 17.6. The van der Waals surface area contributed by atoms with Gasteiger partial charge >= 0.3 is 0 Å². The highest BCUT2D eigenvalue weighted by Gasteiger charge is 2.28. The summed E-state index contributed by atoms with van der Waals surface area (Å²) in [5.41, 5.74) is 1.05. The average molecular weight is 421 g/mol. The summed E-state index contributed by atoms with van der Waals surface area (Å²) in [5.74, 6) is 0. The molecule has 0 amide bonds. The monoisotopic (exact) mass is 419 g/mol. The summed E-state index contributed by atoms with van der Waals surface area (Å²) in [4.78, 5) is 6.41. The Bertz CT molecular complexity index is 851. The van der Waals surface area contributed by atoms with Gasteiger partial charge in [-0.2, -0.15) is 4.31 Å². The minimum atomic E-state index is -3.57. The van der Waals surface area contributed by atoms with E-state index in [-0.39, 0.29) is 9.92 Å². The van der Waals surface area contributed by atoms with Crippen LogP contribution < -0.4 is 0 Å². The van der Waals surface area contributed by atoms with E-state index in [4.69, 9.17) is 34.8 Å². The summed E-state index contributed by atoms with van der Waals surface area (Å²) in [7, 11) is -3.57. The van der Waals surface area contributed by atoms with Crippen LogP contribution in [0.1, 0.15) is 5.56 Å². The molecule has 1 saturated heterocycles. The summed E-state index contributed by atoms with van der Waals surface area (Å²) in [5, 5.41) is 1.03. The predicted molar refractivity (Wildman–Crippen MR) is 99.7 cm³/mol. The highest BCUT2D eigenvalue weighted by Crippen LogP contribution is 2.27. The molecule has 0 unspecified atom stereocenters. The third-order valence-electron chi connectivity index (χ3n) is 4.05. The molecule has 1 aliphatic rings. The molecular formula is C16H16Cl3N3O2S. The van der Waals surface area contributed by atoms with Gasteiger partial charge in [0.1, 0.15) is 5.15 Å². The van der Waals surface area contributed by atoms with E-state index >= 15 is 0 Å². The Morgan fingerprint density at radius 3 is 2.28 bits per heavy atom. The van der Waals surface area contributed by atoms with E-state index in [0.29, 0.717) is 42.9 Å². The first-order valence-corrected chi connectivity index (χ1v) is 10.2. The van der Waals surface area contributed by atoms with Gasteiger partial charge in [0.05, 0.1) is 14.9 Å². The van der Waals surface area contributed by atoms with Crippen LogP contribution >= 0.6 is 34.8 Å². The largest absolute Gasteiger partial charge is 0.296 e. The number of aromatic nitrogens is 1. The van der Waals surface area contributed by atoms with Gasteiger partial charge in [0.2, 0.25) is 10.0 Å². The summed E-state index contributed by atoms with van der Waals surface area (Å²) in [6.07, 6.45) is 1.74. The van der Waals surface area contributed by atoms with Crippen LogP contribution in [0.5, 0.6) is 0 Å². The van der Waals surface area contributed by atoms with Crippen molar-refractivity contribution in [2.75, 3.05) is 26.2 Å². The van der Waals surface area contributed by atoms with E-state index in [0.717, 1.165) is 5.56 Å². The normalized spacial score (nSPS) is 16.9. The number of hydrogen-bond donors (Lipinski definition) is 0. The zero-order valence-corrected chi connectivity index (χ0v) is 16.3. The zero-order chi connectivity index (χ0) is 18.0. The van der Waals surface area contributed by atoms with E-state index in [9.17, 15) is 8.42 Å². The average Bonchev–Trinajstić information content (AvgIpc) is 2.60. The number of sulfonamides is 1. The minimum absolute atomic E-state index is 0.164. The lowest BCUT2D eigenvalue weighted by Gasteiger charge is -2.34. The maximum Gasteiger partial charge on any atom is 0.243 e. The van der Waals surface area contributed by atoms with Crippen molar-refractivity contribution in [1.29, 1.82) is 0 Å². The maximum atomic E-state index is 12.7. The quantitative estimate of drug-likeness (QED) is 0.710. The van der Waals surface area contributed by atoms with Crippen LogP contribution in [-0.4, -0.2) is 48.8 Å². The molecule has 0 aliphatic carbocycles. The Hall–Kier alpha value is -0.890. The molecule has 0 spiro atoms. The number of rotatable bonds is 4. The second-order valence-corrected chi connectivity index (χ2v) is 8.88. The molecule has 1 fully saturated rings. The Kier molecular flexibility index (Phi) is 5.88. The highest BCUT2D eigenvalue weighted by molar-refractivity contribution is 7.89. The fourth-order valence-corrected chi connectivity index (χ4v) is 4.60. The fraction of sp³-hybridized carbons (Fsp3) is 0.312. The van der Waals surface area contributed by atoms with E-state index in [2.05, 4.69) is 9.88 Å². The molecule has 1 aliphatic heterocycles. The smallest absolute Gasteiger partial charge is 0.243 e. The second-order valence-electron chi connectivity index (χ2n) is 5.75. The van der Waals surface area contributed by atoms with Crippen molar-refractivity contribution >= 4 is 44.8 Å². The Labute approximate surface area is 162 Å². The lowest BCUT2D eigenvalue weighted by molar-refractivity contribution is 0.181. The van der Waals surface area contributed by atoms with Crippen LogP contribution in [0.4, 0.5) is 0 Å². The SMILES string of the molecule is O=S(=O)(c1ccc(Cl)c(Cl)c1)N1CCN(Cc2ccc(Cl)nc2)CC1. The third-order valence-corrected chi connectivity index (χ3v) is 6.91. The van der Waals surface area contributed by atoms with Gasteiger partial charge in [-0.15, -0.1) is 0 Å². The molecule has 3 rings (SSSR count). The number of halogens is 3. The van der Waals surface area contributed by atoms with Gasteiger partial charge in [0.15, 0.2) is 0 Å².